The molecule has 0 aliphatic heterocycles. The van der Waals surface area contributed by atoms with Crippen LogP contribution in [0.4, 0.5) is 0 Å². The first-order valence-corrected chi connectivity index (χ1v) is 10.3. The summed E-state index contributed by atoms with van der Waals surface area (Å²) < 4.78 is 17.7. The smallest absolute Gasteiger partial charge is 0.373 e. The molecule has 6 heteroatoms. The molecule has 0 saturated carbocycles. The van der Waals surface area contributed by atoms with Crippen molar-refractivity contribution in [3.8, 4) is 0 Å². The standard InChI is InChI=1S/C13H20Br2O3Si/c1-16-19(17-11-5-9-14,18-12-6-10-15)13-7-3-2-4-8-13/h2-4,7-8H,5-6,9-12H2,1H3. The summed E-state index contributed by atoms with van der Waals surface area (Å²) in [6.07, 6.45) is 1.87. The minimum absolute atomic E-state index is 0.633. The van der Waals surface area contributed by atoms with Gasteiger partial charge in [-0.1, -0.05) is 62.2 Å². The molecule has 19 heavy (non-hydrogen) atoms. The molecule has 0 fully saturated rings. The van der Waals surface area contributed by atoms with Crippen LogP contribution in [0.1, 0.15) is 12.8 Å². The van der Waals surface area contributed by atoms with Crippen molar-refractivity contribution in [2.45, 2.75) is 12.8 Å². The molecule has 0 N–H and O–H groups in total. The van der Waals surface area contributed by atoms with Gasteiger partial charge in [0.05, 0.1) is 0 Å². The van der Waals surface area contributed by atoms with Gasteiger partial charge in [0, 0.05) is 36.2 Å². The van der Waals surface area contributed by atoms with E-state index in [2.05, 4.69) is 31.9 Å². The Kier molecular flexibility index (Phi) is 9.18. The van der Waals surface area contributed by atoms with E-state index in [1.54, 1.807) is 7.11 Å². The Bertz CT molecular complexity index is 328. The molecule has 0 heterocycles. The van der Waals surface area contributed by atoms with Gasteiger partial charge in [0.25, 0.3) is 0 Å². The Morgan fingerprint density at radius 1 is 0.947 bits per heavy atom. The summed E-state index contributed by atoms with van der Waals surface area (Å²) in [5.41, 5.74) is 0. The number of benzene rings is 1. The van der Waals surface area contributed by atoms with Crippen molar-refractivity contribution >= 4 is 45.9 Å². The fourth-order valence-corrected chi connectivity index (χ4v) is 4.38. The van der Waals surface area contributed by atoms with Crippen molar-refractivity contribution < 1.29 is 13.3 Å². The van der Waals surface area contributed by atoms with Gasteiger partial charge in [-0.3, -0.25) is 0 Å². The largest absolute Gasteiger partial charge is 0.536 e. The normalized spacial score (nSPS) is 11.7. The van der Waals surface area contributed by atoms with Crippen LogP contribution < -0.4 is 5.19 Å². The fourth-order valence-electron chi connectivity index (χ4n) is 1.61. The van der Waals surface area contributed by atoms with Crippen molar-refractivity contribution in [1.82, 2.24) is 0 Å². The highest BCUT2D eigenvalue weighted by atomic mass is 79.9. The maximum atomic E-state index is 6.00. The fraction of sp³-hybridized carbons (Fsp3) is 0.538. The van der Waals surface area contributed by atoms with E-state index in [0.29, 0.717) is 13.2 Å². The van der Waals surface area contributed by atoms with Gasteiger partial charge in [0.15, 0.2) is 0 Å². The van der Waals surface area contributed by atoms with E-state index in [1.165, 1.54) is 0 Å². The summed E-state index contributed by atoms with van der Waals surface area (Å²) in [6.45, 7) is 1.27. The molecule has 0 radical (unpaired) electrons. The molecule has 0 aliphatic rings. The van der Waals surface area contributed by atoms with E-state index < -0.39 is 8.80 Å². The van der Waals surface area contributed by atoms with Crippen LogP contribution in [0.3, 0.4) is 0 Å². The predicted octanol–water partition coefficient (Wildman–Crippen LogP) is 3.08. The van der Waals surface area contributed by atoms with E-state index >= 15 is 0 Å². The van der Waals surface area contributed by atoms with Crippen LogP contribution in [0.15, 0.2) is 30.3 Å². The zero-order valence-corrected chi connectivity index (χ0v) is 15.3. The second kappa shape index (κ2) is 10.1. The first-order chi connectivity index (χ1) is 9.29. The van der Waals surface area contributed by atoms with Gasteiger partial charge in [0.1, 0.15) is 0 Å². The zero-order chi connectivity index (χ0) is 14.0. The van der Waals surface area contributed by atoms with Gasteiger partial charge in [0.2, 0.25) is 0 Å². The number of alkyl halides is 2. The lowest BCUT2D eigenvalue weighted by atomic mass is 10.4. The maximum Gasteiger partial charge on any atom is 0.536 e. The van der Waals surface area contributed by atoms with Crippen molar-refractivity contribution in [1.29, 1.82) is 0 Å². The maximum absolute atomic E-state index is 6.00. The molecular formula is C13H20Br2O3Si. The molecule has 0 aliphatic carbocycles. The molecule has 0 saturated heterocycles. The van der Waals surface area contributed by atoms with Crippen LogP contribution in [0.25, 0.3) is 0 Å². The molecular weight excluding hydrogens is 392 g/mol. The molecule has 0 aromatic heterocycles. The monoisotopic (exact) mass is 410 g/mol. The highest BCUT2D eigenvalue weighted by molar-refractivity contribution is 9.09. The van der Waals surface area contributed by atoms with Crippen LogP contribution in [0, 0.1) is 0 Å². The van der Waals surface area contributed by atoms with E-state index in [4.69, 9.17) is 13.3 Å². The van der Waals surface area contributed by atoms with E-state index in [0.717, 1.165) is 28.7 Å². The van der Waals surface area contributed by atoms with E-state index in [1.807, 2.05) is 30.3 Å². The Labute approximate surface area is 133 Å². The van der Waals surface area contributed by atoms with Crippen LogP contribution in [-0.2, 0) is 13.3 Å². The molecule has 1 rings (SSSR count). The third-order valence-corrected chi connectivity index (χ3v) is 6.40. The highest BCUT2D eigenvalue weighted by Crippen LogP contribution is 2.11. The van der Waals surface area contributed by atoms with Crippen molar-refractivity contribution in [2.75, 3.05) is 31.0 Å². The summed E-state index contributed by atoms with van der Waals surface area (Å²) in [6, 6.07) is 9.97. The highest BCUT2D eigenvalue weighted by Gasteiger charge is 2.42. The number of rotatable bonds is 10. The van der Waals surface area contributed by atoms with Gasteiger partial charge in [-0.2, -0.15) is 0 Å². The van der Waals surface area contributed by atoms with Crippen molar-refractivity contribution in [3.63, 3.8) is 0 Å². The summed E-state index contributed by atoms with van der Waals surface area (Å²) in [5, 5.41) is 2.84. The molecule has 1 aromatic rings. The quantitative estimate of drug-likeness (QED) is 0.336. The first-order valence-electron chi connectivity index (χ1n) is 6.29. The lowest BCUT2D eigenvalue weighted by Gasteiger charge is -2.28. The van der Waals surface area contributed by atoms with Crippen LogP contribution in [-0.4, -0.2) is 39.8 Å². The minimum Gasteiger partial charge on any atom is -0.373 e. The van der Waals surface area contributed by atoms with Gasteiger partial charge in [-0.15, -0.1) is 0 Å². The molecule has 1 aromatic carbocycles. The van der Waals surface area contributed by atoms with Crippen molar-refractivity contribution in [3.05, 3.63) is 30.3 Å². The first kappa shape index (κ1) is 17.3. The summed E-state index contributed by atoms with van der Waals surface area (Å²) in [5.74, 6) is 0. The second-order valence-electron chi connectivity index (χ2n) is 3.91. The number of hydrogen-bond donors (Lipinski definition) is 0. The topological polar surface area (TPSA) is 27.7 Å². The second-order valence-corrected chi connectivity index (χ2v) is 8.17. The zero-order valence-electron chi connectivity index (χ0n) is 11.1. The van der Waals surface area contributed by atoms with E-state index in [9.17, 15) is 0 Å². The molecule has 0 unspecified atom stereocenters. The average Bonchev–Trinajstić information content (AvgIpc) is 2.47. The number of hydrogen-bond acceptors (Lipinski definition) is 3. The Morgan fingerprint density at radius 3 is 1.89 bits per heavy atom. The third kappa shape index (κ3) is 5.65. The van der Waals surface area contributed by atoms with Gasteiger partial charge in [-0.25, -0.2) is 0 Å². The molecule has 3 nitrogen and oxygen atoms in total. The van der Waals surface area contributed by atoms with Crippen molar-refractivity contribution in [2.24, 2.45) is 0 Å². The SMILES string of the molecule is CO[Si](OCCCBr)(OCCCBr)c1ccccc1. The lowest BCUT2D eigenvalue weighted by Crippen LogP contribution is -2.56. The average molecular weight is 412 g/mol. The summed E-state index contributed by atoms with van der Waals surface area (Å²) in [7, 11) is -1.09. The van der Waals surface area contributed by atoms with E-state index in [-0.39, 0.29) is 0 Å². The number of halogens is 2. The van der Waals surface area contributed by atoms with Gasteiger partial charge >= 0.3 is 8.80 Å². The van der Waals surface area contributed by atoms with Crippen LogP contribution in [0.5, 0.6) is 0 Å². The molecule has 108 valence electrons. The lowest BCUT2D eigenvalue weighted by molar-refractivity contribution is 0.0926. The minimum atomic E-state index is -2.76. The molecule has 0 atom stereocenters. The Balaban J connectivity index is 2.79. The molecule has 0 bridgehead atoms. The van der Waals surface area contributed by atoms with Gasteiger partial charge in [-0.05, 0) is 12.8 Å². The Morgan fingerprint density at radius 2 is 1.47 bits per heavy atom. The Hall–Kier alpha value is 0.277. The predicted molar refractivity (Wildman–Crippen MR) is 87.6 cm³/mol. The molecule has 0 spiro atoms. The summed E-state index contributed by atoms with van der Waals surface area (Å²) in [4.78, 5) is 0. The van der Waals surface area contributed by atoms with Crippen LogP contribution >= 0.6 is 31.9 Å². The third-order valence-electron chi connectivity index (χ3n) is 2.54. The van der Waals surface area contributed by atoms with Gasteiger partial charge < -0.3 is 13.3 Å². The van der Waals surface area contributed by atoms with Crippen LogP contribution in [0.2, 0.25) is 0 Å². The summed E-state index contributed by atoms with van der Waals surface area (Å²) >= 11 is 6.81. The molecule has 0 amide bonds.